The predicted octanol–water partition coefficient (Wildman–Crippen LogP) is 5.21. The molecule has 4 rings (SSSR count). The maximum atomic E-state index is 13.1. The Balaban J connectivity index is 1.39. The van der Waals surface area contributed by atoms with Gasteiger partial charge in [0.1, 0.15) is 0 Å². The molecule has 6 heteroatoms. The summed E-state index contributed by atoms with van der Waals surface area (Å²) in [5.41, 5.74) is 2.55. The molecular weight excluding hydrogens is 400 g/mol. The molecule has 0 radical (unpaired) electrons. The normalized spacial score (nSPS) is 27.1. The first-order chi connectivity index (χ1) is 15.7. The number of ether oxygens (including phenoxy) is 1. The van der Waals surface area contributed by atoms with Gasteiger partial charge in [0.15, 0.2) is 0 Å². The number of hydrogen-bond acceptors (Lipinski definition) is 3. The molecule has 2 heterocycles. The molecule has 1 aliphatic carbocycles. The number of aromatic amines is 1. The van der Waals surface area contributed by atoms with E-state index in [2.05, 4.69) is 59.7 Å². The first-order valence-electron chi connectivity index (χ1n) is 12.4. The van der Waals surface area contributed by atoms with E-state index in [9.17, 15) is 4.79 Å². The fraction of sp³-hybridized carbons (Fsp3) is 0.615. The molecule has 1 aliphatic heterocycles. The van der Waals surface area contributed by atoms with Crippen LogP contribution in [0.3, 0.4) is 0 Å². The first-order valence-corrected chi connectivity index (χ1v) is 12.4. The van der Waals surface area contributed by atoms with Gasteiger partial charge in [0.25, 0.3) is 0 Å². The van der Waals surface area contributed by atoms with Crippen molar-refractivity contribution in [2.75, 3.05) is 13.2 Å². The number of benzene rings is 1. The quantitative estimate of drug-likeness (QED) is 0.623. The lowest BCUT2D eigenvalue weighted by Gasteiger charge is -2.42. The van der Waals surface area contributed by atoms with Crippen LogP contribution in [0.25, 0.3) is 0 Å². The molecule has 2 aliphatic rings. The van der Waals surface area contributed by atoms with E-state index in [0.29, 0.717) is 12.5 Å². The van der Waals surface area contributed by atoms with Crippen molar-refractivity contribution in [3.8, 4) is 0 Å². The minimum Gasteiger partial charge on any atom is -0.376 e. The van der Waals surface area contributed by atoms with E-state index in [-0.39, 0.29) is 30.1 Å². The van der Waals surface area contributed by atoms with Crippen molar-refractivity contribution < 1.29 is 9.53 Å². The second kappa shape index (κ2) is 11.0. The van der Waals surface area contributed by atoms with Gasteiger partial charge in [0.2, 0.25) is 0 Å². The highest BCUT2D eigenvalue weighted by Crippen LogP contribution is 2.36. The van der Waals surface area contributed by atoms with Crippen LogP contribution in [0.4, 0.5) is 4.79 Å². The molecule has 6 nitrogen and oxygen atoms in total. The van der Waals surface area contributed by atoms with E-state index >= 15 is 0 Å². The molecule has 3 atom stereocenters. The molecule has 0 bridgehead atoms. The molecule has 2 aromatic rings. The number of urea groups is 1. The van der Waals surface area contributed by atoms with Crippen LogP contribution in [0.15, 0.2) is 42.6 Å². The molecular formula is C26H38N4O2. The second-order valence-electron chi connectivity index (χ2n) is 9.50. The van der Waals surface area contributed by atoms with Crippen molar-refractivity contribution in [2.45, 2.75) is 88.8 Å². The average molecular weight is 439 g/mol. The van der Waals surface area contributed by atoms with E-state index in [1.54, 1.807) is 6.20 Å². The molecule has 2 unspecified atom stereocenters. The number of carbonyl (C=O) groups is 1. The second-order valence-corrected chi connectivity index (χ2v) is 9.50. The third-order valence-electron chi connectivity index (χ3n) is 7.39. The SMILES string of the molecule is CC[C@@H](C)NC(=O)N1CCCC(c2ccn[nH]2)C1COC1CCC(c2ccccc2)CC1. The molecule has 32 heavy (non-hydrogen) atoms. The summed E-state index contributed by atoms with van der Waals surface area (Å²) in [7, 11) is 0. The standard InChI is InChI=1S/C26H38N4O2/c1-3-19(2)28-26(31)30-17-7-10-23(24-15-16-27-29-24)25(30)18-32-22-13-11-21(12-14-22)20-8-5-4-6-9-20/h4-6,8-9,15-16,19,21-23,25H,3,7,10-14,17-18H2,1-2H3,(H,27,29)(H,28,31)/t19-,21?,22?,23?,25?/m1/s1. The molecule has 2 amide bonds. The van der Waals surface area contributed by atoms with Gasteiger partial charge in [-0.1, -0.05) is 37.3 Å². The Morgan fingerprint density at radius 3 is 2.66 bits per heavy atom. The fourth-order valence-electron chi connectivity index (χ4n) is 5.27. The molecule has 2 fully saturated rings. The Morgan fingerprint density at radius 1 is 1.19 bits per heavy atom. The Bertz CT molecular complexity index is 818. The molecule has 174 valence electrons. The summed E-state index contributed by atoms with van der Waals surface area (Å²) in [5, 5.41) is 10.5. The van der Waals surface area contributed by atoms with Gasteiger partial charge in [-0.2, -0.15) is 5.10 Å². The van der Waals surface area contributed by atoms with Crippen LogP contribution in [0.1, 0.15) is 81.9 Å². The van der Waals surface area contributed by atoms with Gasteiger partial charge in [-0.25, -0.2) is 4.79 Å². The average Bonchev–Trinajstić information content (AvgIpc) is 3.38. The largest absolute Gasteiger partial charge is 0.376 e. The number of likely N-dealkylation sites (tertiary alicyclic amines) is 1. The lowest BCUT2D eigenvalue weighted by Crippen LogP contribution is -2.55. The zero-order valence-electron chi connectivity index (χ0n) is 19.5. The Morgan fingerprint density at radius 2 is 1.97 bits per heavy atom. The summed E-state index contributed by atoms with van der Waals surface area (Å²) in [6.07, 6.45) is 9.55. The van der Waals surface area contributed by atoms with Crippen LogP contribution in [0, 0.1) is 0 Å². The number of rotatable bonds is 7. The molecule has 0 spiro atoms. The van der Waals surface area contributed by atoms with Crippen LogP contribution in [-0.2, 0) is 4.74 Å². The van der Waals surface area contributed by atoms with E-state index in [1.165, 1.54) is 18.4 Å². The lowest BCUT2D eigenvalue weighted by molar-refractivity contribution is -0.0173. The number of nitrogens with zero attached hydrogens (tertiary/aromatic N) is 2. The number of aromatic nitrogens is 2. The van der Waals surface area contributed by atoms with E-state index in [0.717, 1.165) is 44.3 Å². The Hall–Kier alpha value is -2.34. The van der Waals surface area contributed by atoms with Gasteiger partial charge in [0.05, 0.1) is 18.8 Å². The van der Waals surface area contributed by atoms with Crippen LogP contribution in [-0.4, -0.2) is 52.5 Å². The maximum Gasteiger partial charge on any atom is 0.317 e. The summed E-state index contributed by atoms with van der Waals surface area (Å²) in [6.45, 7) is 5.52. The van der Waals surface area contributed by atoms with Gasteiger partial charge >= 0.3 is 6.03 Å². The lowest BCUT2D eigenvalue weighted by atomic mass is 9.82. The van der Waals surface area contributed by atoms with Crippen molar-refractivity contribution in [1.82, 2.24) is 20.4 Å². The van der Waals surface area contributed by atoms with Crippen molar-refractivity contribution >= 4 is 6.03 Å². The minimum atomic E-state index is 0.0279. The third-order valence-corrected chi connectivity index (χ3v) is 7.39. The first kappa shape index (κ1) is 22.8. The summed E-state index contributed by atoms with van der Waals surface area (Å²) in [6, 6.07) is 13.1. The van der Waals surface area contributed by atoms with Gasteiger partial charge in [-0.15, -0.1) is 0 Å². The number of amides is 2. The molecule has 1 saturated carbocycles. The Labute approximate surface area is 192 Å². The zero-order valence-corrected chi connectivity index (χ0v) is 19.5. The number of hydrogen-bond donors (Lipinski definition) is 2. The molecule has 1 aromatic carbocycles. The molecule has 1 saturated heterocycles. The molecule has 1 aromatic heterocycles. The zero-order chi connectivity index (χ0) is 22.3. The highest BCUT2D eigenvalue weighted by molar-refractivity contribution is 5.75. The van der Waals surface area contributed by atoms with Gasteiger partial charge < -0.3 is 15.0 Å². The van der Waals surface area contributed by atoms with E-state index < -0.39 is 0 Å². The highest BCUT2D eigenvalue weighted by Gasteiger charge is 2.37. The van der Waals surface area contributed by atoms with Crippen LogP contribution in [0.2, 0.25) is 0 Å². The van der Waals surface area contributed by atoms with E-state index in [1.807, 2.05) is 11.0 Å². The summed E-state index contributed by atoms with van der Waals surface area (Å²) in [5.74, 6) is 0.871. The van der Waals surface area contributed by atoms with Crippen molar-refractivity contribution in [2.24, 2.45) is 0 Å². The van der Waals surface area contributed by atoms with E-state index in [4.69, 9.17) is 4.74 Å². The smallest absolute Gasteiger partial charge is 0.317 e. The number of piperidine rings is 1. The number of nitrogens with one attached hydrogen (secondary N) is 2. The number of carbonyl (C=O) groups excluding carboxylic acids is 1. The number of H-pyrrole nitrogens is 1. The van der Waals surface area contributed by atoms with Gasteiger partial charge in [0, 0.05) is 30.4 Å². The Kier molecular flexibility index (Phi) is 7.85. The summed E-state index contributed by atoms with van der Waals surface area (Å²) >= 11 is 0. The topological polar surface area (TPSA) is 70.2 Å². The summed E-state index contributed by atoms with van der Waals surface area (Å²) in [4.78, 5) is 15.1. The van der Waals surface area contributed by atoms with Crippen molar-refractivity contribution in [3.63, 3.8) is 0 Å². The minimum absolute atomic E-state index is 0.0279. The third kappa shape index (κ3) is 5.52. The maximum absolute atomic E-state index is 13.1. The highest BCUT2D eigenvalue weighted by atomic mass is 16.5. The monoisotopic (exact) mass is 438 g/mol. The summed E-state index contributed by atoms with van der Waals surface area (Å²) < 4.78 is 6.49. The van der Waals surface area contributed by atoms with Gasteiger partial charge in [-0.05, 0) is 69.4 Å². The van der Waals surface area contributed by atoms with Gasteiger partial charge in [-0.3, -0.25) is 5.10 Å². The predicted molar refractivity (Wildman–Crippen MR) is 127 cm³/mol. The van der Waals surface area contributed by atoms with Crippen molar-refractivity contribution in [1.29, 1.82) is 0 Å². The van der Waals surface area contributed by atoms with Crippen LogP contribution < -0.4 is 5.32 Å². The van der Waals surface area contributed by atoms with Crippen LogP contribution in [0.5, 0.6) is 0 Å². The van der Waals surface area contributed by atoms with Crippen LogP contribution >= 0.6 is 0 Å². The fourth-order valence-corrected chi connectivity index (χ4v) is 5.27. The molecule has 2 N–H and O–H groups in total. The van der Waals surface area contributed by atoms with Crippen molar-refractivity contribution in [3.05, 3.63) is 53.9 Å².